The van der Waals surface area contributed by atoms with E-state index >= 15 is 0 Å². The molecule has 1 saturated heterocycles. The van der Waals surface area contributed by atoms with Gasteiger partial charge in [-0.2, -0.15) is 0 Å². The summed E-state index contributed by atoms with van der Waals surface area (Å²) in [5.74, 6) is 7.03. The summed E-state index contributed by atoms with van der Waals surface area (Å²) in [5, 5.41) is 0. The van der Waals surface area contributed by atoms with E-state index < -0.39 is 0 Å². The Morgan fingerprint density at radius 2 is 2.43 bits per heavy atom. The van der Waals surface area contributed by atoms with Gasteiger partial charge in [-0.25, -0.2) is 5.43 Å². The topological polar surface area (TPSA) is 56.5 Å². The third-order valence-electron chi connectivity index (χ3n) is 2.89. The molecule has 2 aliphatic rings. The summed E-state index contributed by atoms with van der Waals surface area (Å²) in [6.07, 6.45) is 5.42. The van der Waals surface area contributed by atoms with Gasteiger partial charge in [-0.15, -0.1) is 0 Å². The van der Waals surface area contributed by atoms with Gasteiger partial charge in [0.2, 0.25) is 0 Å². The van der Waals surface area contributed by atoms with Gasteiger partial charge < -0.3 is 9.47 Å². The van der Waals surface area contributed by atoms with E-state index in [9.17, 15) is 0 Å². The second-order valence-electron chi connectivity index (χ2n) is 3.87. The van der Waals surface area contributed by atoms with Crippen molar-refractivity contribution in [1.29, 1.82) is 0 Å². The fourth-order valence-electron chi connectivity index (χ4n) is 2.06. The molecule has 0 aromatic carbocycles. The van der Waals surface area contributed by atoms with Crippen LogP contribution in [0, 0.1) is 5.92 Å². The highest BCUT2D eigenvalue weighted by molar-refractivity contribution is 5.07. The minimum Gasteiger partial charge on any atom is -0.497 e. The van der Waals surface area contributed by atoms with Gasteiger partial charge in [-0.05, 0) is 25.3 Å². The van der Waals surface area contributed by atoms with Gasteiger partial charge in [-0.3, -0.25) is 5.84 Å². The van der Waals surface area contributed by atoms with Crippen molar-refractivity contribution in [2.45, 2.75) is 25.3 Å². The molecule has 2 heterocycles. The molecule has 0 aromatic heterocycles. The summed E-state index contributed by atoms with van der Waals surface area (Å²) >= 11 is 0. The smallest absolute Gasteiger partial charge is 0.111 e. The Bertz CT molecular complexity index is 212. The first-order valence-electron chi connectivity index (χ1n) is 5.28. The van der Waals surface area contributed by atoms with Crippen LogP contribution in [0.1, 0.15) is 19.3 Å². The number of nitrogens with two attached hydrogens (primary N) is 1. The van der Waals surface area contributed by atoms with Gasteiger partial charge in [-0.1, -0.05) is 0 Å². The van der Waals surface area contributed by atoms with Crippen molar-refractivity contribution < 1.29 is 9.47 Å². The largest absolute Gasteiger partial charge is 0.497 e. The summed E-state index contributed by atoms with van der Waals surface area (Å²) < 4.78 is 11.0. The first-order valence-corrected chi connectivity index (χ1v) is 5.28. The lowest BCUT2D eigenvalue weighted by atomic mass is 9.96. The number of hydrogen-bond acceptors (Lipinski definition) is 4. The van der Waals surface area contributed by atoms with Gasteiger partial charge in [0, 0.05) is 12.5 Å². The highest BCUT2D eigenvalue weighted by Crippen LogP contribution is 2.24. The minimum absolute atomic E-state index is 0.137. The van der Waals surface area contributed by atoms with Crippen LogP contribution < -0.4 is 11.3 Å². The van der Waals surface area contributed by atoms with Crippen LogP contribution in [-0.4, -0.2) is 25.9 Å². The molecule has 0 aromatic rings. The van der Waals surface area contributed by atoms with E-state index in [0.29, 0.717) is 5.92 Å². The SMILES string of the molecule is NNC(C1=CCCCO1)C1CCOC1. The Kier molecular flexibility index (Phi) is 3.39. The Morgan fingerprint density at radius 3 is 3.00 bits per heavy atom. The summed E-state index contributed by atoms with van der Waals surface area (Å²) in [4.78, 5) is 0. The number of ether oxygens (including phenoxy) is 2. The predicted octanol–water partition coefficient (Wildman–Crippen LogP) is 0.549. The van der Waals surface area contributed by atoms with Crippen molar-refractivity contribution in [3.8, 4) is 0 Å². The van der Waals surface area contributed by atoms with E-state index in [1.807, 2.05) is 0 Å². The molecule has 1 fully saturated rings. The molecule has 4 nitrogen and oxygen atoms in total. The zero-order valence-corrected chi connectivity index (χ0v) is 8.37. The van der Waals surface area contributed by atoms with Crippen LogP contribution in [0.3, 0.4) is 0 Å². The molecule has 14 heavy (non-hydrogen) atoms. The number of allylic oxidation sites excluding steroid dienone is 1. The average Bonchev–Trinajstić information content (AvgIpc) is 2.74. The summed E-state index contributed by atoms with van der Waals surface area (Å²) in [7, 11) is 0. The lowest BCUT2D eigenvalue weighted by Crippen LogP contribution is -2.43. The molecule has 2 unspecified atom stereocenters. The zero-order valence-electron chi connectivity index (χ0n) is 8.37. The quantitative estimate of drug-likeness (QED) is 0.513. The Balaban J connectivity index is 1.99. The summed E-state index contributed by atoms with van der Waals surface area (Å²) in [6, 6.07) is 0.137. The lowest BCUT2D eigenvalue weighted by Gasteiger charge is -2.26. The van der Waals surface area contributed by atoms with Crippen molar-refractivity contribution in [3.05, 3.63) is 11.8 Å². The van der Waals surface area contributed by atoms with E-state index in [0.717, 1.165) is 44.8 Å². The van der Waals surface area contributed by atoms with Crippen molar-refractivity contribution >= 4 is 0 Å². The van der Waals surface area contributed by atoms with Crippen LogP contribution in [0.25, 0.3) is 0 Å². The van der Waals surface area contributed by atoms with E-state index in [4.69, 9.17) is 15.3 Å². The van der Waals surface area contributed by atoms with Crippen LogP contribution in [0.4, 0.5) is 0 Å². The highest BCUT2D eigenvalue weighted by atomic mass is 16.5. The second kappa shape index (κ2) is 4.77. The van der Waals surface area contributed by atoms with Gasteiger partial charge in [0.25, 0.3) is 0 Å². The molecule has 80 valence electrons. The molecule has 0 radical (unpaired) electrons. The van der Waals surface area contributed by atoms with Gasteiger partial charge in [0.15, 0.2) is 0 Å². The van der Waals surface area contributed by atoms with Crippen molar-refractivity contribution in [2.75, 3.05) is 19.8 Å². The van der Waals surface area contributed by atoms with Crippen LogP contribution >= 0.6 is 0 Å². The second-order valence-corrected chi connectivity index (χ2v) is 3.87. The fraction of sp³-hybridized carbons (Fsp3) is 0.800. The van der Waals surface area contributed by atoms with Crippen LogP contribution in [0.15, 0.2) is 11.8 Å². The maximum absolute atomic E-state index is 5.61. The van der Waals surface area contributed by atoms with Crippen molar-refractivity contribution in [3.63, 3.8) is 0 Å². The molecular weight excluding hydrogens is 180 g/mol. The third-order valence-corrected chi connectivity index (χ3v) is 2.89. The summed E-state index contributed by atoms with van der Waals surface area (Å²) in [5.41, 5.74) is 2.84. The maximum Gasteiger partial charge on any atom is 0.111 e. The van der Waals surface area contributed by atoms with Gasteiger partial charge >= 0.3 is 0 Å². The molecule has 0 saturated carbocycles. The van der Waals surface area contributed by atoms with Crippen LogP contribution in [-0.2, 0) is 9.47 Å². The van der Waals surface area contributed by atoms with Crippen LogP contribution in [0.5, 0.6) is 0 Å². The monoisotopic (exact) mass is 198 g/mol. The van der Waals surface area contributed by atoms with E-state index in [1.54, 1.807) is 0 Å². The lowest BCUT2D eigenvalue weighted by molar-refractivity contribution is 0.137. The third kappa shape index (κ3) is 2.08. The molecule has 0 amide bonds. The van der Waals surface area contributed by atoms with Crippen LogP contribution in [0.2, 0.25) is 0 Å². The molecular formula is C10H18N2O2. The molecule has 0 aliphatic carbocycles. The molecule has 2 rings (SSSR count). The Labute approximate surface area is 84.4 Å². The van der Waals surface area contributed by atoms with E-state index in [2.05, 4.69) is 11.5 Å². The standard InChI is InChI=1S/C10H18N2O2/c11-12-10(8-4-6-13-7-8)9-3-1-2-5-14-9/h3,8,10,12H,1-2,4-7,11H2. The van der Waals surface area contributed by atoms with Gasteiger partial charge in [0.05, 0.1) is 19.3 Å². The Hall–Kier alpha value is -0.580. The number of hydrogen-bond donors (Lipinski definition) is 2. The number of nitrogens with one attached hydrogen (secondary N) is 1. The minimum atomic E-state index is 0.137. The fourth-order valence-corrected chi connectivity index (χ4v) is 2.06. The molecule has 0 bridgehead atoms. The predicted molar refractivity (Wildman–Crippen MR) is 53.3 cm³/mol. The Morgan fingerprint density at radius 1 is 1.50 bits per heavy atom. The first-order chi connectivity index (χ1) is 6.92. The van der Waals surface area contributed by atoms with Crippen molar-refractivity contribution in [2.24, 2.45) is 11.8 Å². The summed E-state index contributed by atoms with van der Waals surface area (Å²) in [6.45, 7) is 2.45. The van der Waals surface area contributed by atoms with Gasteiger partial charge in [0.1, 0.15) is 5.76 Å². The molecule has 2 atom stereocenters. The first kappa shape index (κ1) is 9.96. The number of hydrazine groups is 1. The average molecular weight is 198 g/mol. The van der Waals surface area contributed by atoms with Crippen molar-refractivity contribution in [1.82, 2.24) is 5.43 Å². The number of rotatable bonds is 3. The molecule has 3 N–H and O–H groups in total. The molecule has 4 heteroatoms. The van der Waals surface area contributed by atoms with E-state index in [1.165, 1.54) is 0 Å². The zero-order chi connectivity index (χ0) is 9.80. The normalized spacial score (nSPS) is 29.5. The molecule has 2 aliphatic heterocycles. The molecule has 0 spiro atoms. The highest BCUT2D eigenvalue weighted by Gasteiger charge is 2.29. The van der Waals surface area contributed by atoms with E-state index in [-0.39, 0.29) is 6.04 Å². The maximum atomic E-state index is 5.61.